The van der Waals surface area contributed by atoms with Crippen LogP contribution in [0.5, 0.6) is 0 Å². The van der Waals surface area contributed by atoms with Gasteiger partial charge in [0, 0.05) is 11.9 Å². The smallest absolute Gasteiger partial charge is 0.144 e. The third-order valence-electron chi connectivity index (χ3n) is 2.08. The first-order chi connectivity index (χ1) is 7.90. The Morgan fingerprint density at radius 2 is 2.25 bits per heavy atom. The summed E-state index contributed by atoms with van der Waals surface area (Å²) in [6.07, 6.45) is 3.31. The van der Waals surface area contributed by atoms with Gasteiger partial charge < -0.3 is 4.42 Å². The van der Waals surface area contributed by atoms with Crippen LogP contribution in [0.15, 0.2) is 41.1 Å². The number of aromatic nitrogens is 1. The Morgan fingerprint density at radius 3 is 3.00 bits per heavy atom. The van der Waals surface area contributed by atoms with E-state index in [0.29, 0.717) is 5.69 Å². The molecule has 0 atom stereocenters. The fourth-order valence-electron chi connectivity index (χ4n) is 1.31. The first-order valence-electron chi connectivity index (χ1n) is 4.84. The van der Waals surface area contributed by atoms with Crippen LogP contribution in [0, 0.1) is 11.3 Å². The zero-order chi connectivity index (χ0) is 11.2. The van der Waals surface area contributed by atoms with Crippen molar-refractivity contribution in [2.45, 2.75) is 11.5 Å². The van der Waals surface area contributed by atoms with Gasteiger partial charge in [0.1, 0.15) is 17.5 Å². The quantitative estimate of drug-likeness (QED) is 0.810. The van der Waals surface area contributed by atoms with Crippen LogP contribution >= 0.6 is 11.8 Å². The van der Waals surface area contributed by atoms with Gasteiger partial charge >= 0.3 is 0 Å². The number of nitriles is 1. The van der Waals surface area contributed by atoms with Crippen LogP contribution in [0.25, 0.3) is 0 Å². The minimum absolute atomic E-state index is 0.509. The van der Waals surface area contributed by atoms with E-state index >= 15 is 0 Å². The molecule has 0 fully saturated rings. The Labute approximate surface area is 98.1 Å². The van der Waals surface area contributed by atoms with Crippen LogP contribution in [-0.4, -0.2) is 4.98 Å². The highest BCUT2D eigenvalue weighted by molar-refractivity contribution is 7.97. The first kappa shape index (κ1) is 10.8. The number of hydrogen-bond donors (Lipinski definition) is 0. The van der Waals surface area contributed by atoms with Crippen LogP contribution in [-0.2, 0) is 11.5 Å². The molecule has 0 aliphatic heterocycles. The van der Waals surface area contributed by atoms with Crippen LogP contribution in [0.2, 0.25) is 0 Å². The van der Waals surface area contributed by atoms with E-state index in [2.05, 4.69) is 11.1 Å². The molecule has 0 saturated heterocycles. The molecule has 16 heavy (non-hydrogen) atoms. The van der Waals surface area contributed by atoms with Crippen molar-refractivity contribution in [2.75, 3.05) is 0 Å². The molecule has 2 heterocycles. The zero-order valence-electron chi connectivity index (χ0n) is 8.59. The van der Waals surface area contributed by atoms with Crippen molar-refractivity contribution in [1.29, 1.82) is 5.26 Å². The lowest BCUT2D eigenvalue weighted by atomic mass is 10.2. The molecule has 2 aromatic heterocycles. The third kappa shape index (κ3) is 2.65. The van der Waals surface area contributed by atoms with E-state index in [1.165, 1.54) is 0 Å². The second-order valence-electron chi connectivity index (χ2n) is 3.20. The van der Waals surface area contributed by atoms with Gasteiger partial charge in [-0.1, -0.05) is 6.07 Å². The highest BCUT2D eigenvalue weighted by atomic mass is 32.2. The minimum atomic E-state index is 0.509. The highest BCUT2D eigenvalue weighted by Gasteiger charge is 2.03. The van der Waals surface area contributed by atoms with Crippen LogP contribution in [0.3, 0.4) is 0 Å². The van der Waals surface area contributed by atoms with Gasteiger partial charge in [-0.15, -0.1) is 11.8 Å². The second kappa shape index (κ2) is 5.38. The maximum absolute atomic E-state index is 8.86. The SMILES string of the molecule is N#Cc1ncccc1CSCc1ccco1. The average Bonchev–Trinajstić information content (AvgIpc) is 2.83. The Hall–Kier alpha value is -1.73. The maximum Gasteiger partial charge on any atom is 0.144 e. The Balaban J connectivity index is 1.93. The van der Waals surface area contributed by atoms with Crippen molar-refractivity contribution in [3.8, 4) is 6.07 Å². The standard InChI is InChI=1S/C12H10N2OS/c13-7-12-10(3-1-5-14-12)8-16-9-11-4-2-6-15-11/h1-6H,8-9H2. The maximum atomic E-state index is 8.86. The molecular weight excluding hydrogens is 220 g/mol. The summed E-state index contributed by atoms with van der Waals surface area (Å²) in [7, 11) is 0. The van der Waals surface area contributed by atoms with Crippen molar-refractivity contribution in [2.24, 2.45) is 0 Å². The Bertz CT molecular complexity index is 488. The molecule has 0 amide bonds. The largest absolute Gasteiger partial charge is 0.468 e. The zero-order valence-corrected chi connectivity index (χ0v) is 9.41. The highest BCUT2D eigenvalue weighted by Crippen LogP contribution is 2.19. The van der Waals surface area contributed by atoms with E-state index in [-0.39, 0.29) is 0 Å². The minimum Gasteiger partial charge on any atom is -0.468 e. The fraction of sp³-hybridized carbons (Fsp3) is 0.167. The van der Waals surface area contributed by atoms with Crippen LogP contribution in [0.1, 0.15) is 17.0 Å². The predicted molar refractivity (Wildman–Crippen MR) is 62.7 cm³/mol. The summed E-state index contributed by atoms with van der Waals surface area (Å²) >= 11 is 1.71. The number of hydrogen-bond acceptors (Lipinski definition) is 4. The van der Waals surface area contributed by atoms with Gasteiger partial charge in [0.05, 0.1) is 12.0 Å². The summed E-state index contributed by atoms with van der Waals surface area (Å²) in [6, 6.07) is 9.69. The number of pyridine rings is 1. The number of thioether (sulfide) groups is 1. The monoisotopic (exact) mass is 230 g/mol. The first-order valence-corrected chi connectivity index (χ1v) is 6.00. The Kier molecular flexibility index (Phi) is 3.62. The summed E-state index contributed by atoms with van der Waals surface area (Å²) in [5, 5.41) is 8.86. The van der Waals surface area contributed by atoms with Gasteiger partial charge in [-0.05, 0) is 23.8 Å². The third-order valence-corrected chi connectivity index (χ3v) is 3.08. The molecule has 0 N–H and O–H groups in total. The van der Waals surface area contributed by atoms with Crippen LogP contribution in [0.4, 0.5) is 0 Å². The van der Waals surface area contributed by atoms with Crippen LogP contribution < -0.4 is 0 Å². The van der Waals surface area contributed by atoms with E-state index in [9.17, 15) is 0 Å². The summed E-state index contributed by atoms with van der Waals surface area (Å²) < 4.78 is 5.23. The van der Waals surface area contributed by atoms with Crippen molar-refractivity contribution in [3.05, 3.63) is 53.7 Å². The molecule has 4 heteroatoms. The molecule has 2 rings (SSSR count). The molecule has 0 bridgehead atoms. The lowest BCUT2D eigenvalue weighted by molar-refractivity contribution is 0.530. The lowest BCUT2D eigenvalue weighted by Gasteiger charge is -2.01. The molecule has 0 aliphatic carbocycles. The summed E-state index contributed by atoms with van der Waals surface area (Å²) in [5.41, 5.74) is 1.48. The van der Waals surface area contributed by atoms with E-state index in [1.54, 1.807) is 24.2 Å². The van der Waals surface area contributed by atoms with E-state index in [0.717, 1.165) is 22.8 Å². The summed E-state index contributed by atoms with van der Waals surface area (Å²) in [6.45, 7) is 0. The van der Waals surface area contributed by atoms with Gasteiger partial charge in [0.2, 0.25) is 0 Å². The van der Waals surface area contributed by atoms with Gasteiger partial charge in [-0.3, -0.25) is 0 Å². The predicted octanol–water partition coefficient (Wildman–Crippen LogP) is 2.98. The molecule has 0 aromatic carbocycles. The molecule has 3 nitrogen and oxygen atoms in total. The van der Waals surface area contributed by atoms with Crippen molar-refractivity contribution in [3.63, 3.8) is 0 Å². The lowest BCUT2D eigenvalue weighted by Crippen LogP contribution is -1.90. The molecular formula is C12H10N2OS. The number of furan rings is 1. The van der Waals surface area contributed by atoms with Gasteiger partial charge in [0.25, 0.3) is 0 Å². The molecule has 2 aromatic rings. The summed E-state index contributed by atoms with van der Waals surface area (Å²) in [5.74, 6) is 2.54. The van der Waals surface area contributed by atoms with Gasteiger partial charge in [-0.25, -0.2) is 4.98 Å². The second-order valence-corrected chi connectivity index (χ2v) is 4.18. The molecule has 0 spiro atoms. The van der Waals surface area contributed by atoms with Gasteiger partial charge in [-0.2, -0.15) is 5.26 Å². The molecule has 0 unspecified atom stereocenters. The fourth-order valence-corrected chi connectivity index (χ4v) is 2.23. The number of rotatable bonds is 4. The summed E-state index contributed by atoms with van der Waals surface area (Å²) in [4.78, 5) is 4.01. The van der Waals surface area contributed by atoms with Crippen molar-refractivity contribution < 1.29 is 4.42 Å². The molecule has 0 radical (unpaired) electrons. The molecule has 0 saturated carbocycles. The topological polar surface area (TPSA) is 49.8 Å². The average molecular weight is 230 g/mol. The van der Waals surface area contributed by atoms with E-state index < -0.39 is 0 Å². The van der Waals surface area contributed by atoms with Crippen molar-refractivity contribution >= 4 is 11.8 Å². The van der Waals surface area contributed by atoms with E-state index in [1.807, 2.05) is 24.3 Å². The van der Waals surface area contributed by atoms with Gasteiger partial charge in [0.15, 0.2) is 0 Å². The van der Waals surface area contributed by atoms with E-state index in [4.69, 9.17) is 9.68 Å². The normalized spacial score (nSPS) is 9.94. The number of nitrogens with zero attached hydrogens (tertiary/aromatic N) is 2. The van der Waals surface area contributed by atoms with Crippen molar-refractivity contribution in [1.82, 2.24) is 4.98 Å². The Morgan fingerprint density at radius 1 is 1.31 bits per heavy atom. The molecule has 0 aliphatic rings. The molecule has 80 valence electrons.